The summed E-state index contributed by atoms with van der Waals surface area (Å²) in [6.45, 7) is 1.96. The van der Waals surface area contributed by atoms with E-state index in [1.54, 1.807) is 13.3 Å². The van der Waals surface area contributed by atoms with Crippen molar-refractivity contribution in [2.45, 2.75) is 6.92 Å². The van der Waals surface area contributed by atoms with Crippen LogP contribution < -0.4 is 10.2 Å². The first-order valence-electron chi connectivity index (χ1n) is 7.21. The lowest BCUT2D eigenvalue weighted by molar-refractivity contribution is 0.416. The van der Waals surface area contributed by atoms with Crippen molar-refractivity contribution in [3.63, 3.8) is 0 Å². The maximum Gasteiger partial charge on any atom is 0.203 e. The van der Waals surface area contributed by atoms with Crippen LogP contribution in [0.1, 0.15) is 11.3 Å². The molecule has 0 radical (unpaired) electrons. The molecule has 1 aromatic heterocycles. The molecule has 116 valence electrons. The van der Waals surface area contributed by atoms with Crippen molar-refractivity contribution in [2.75, 3.05) is 12.5 Å². The zero-order chi connectivity index (χ0) is 16.1. The predicted octanol–water partition coefficient (Wildman–Crippen LogP) is 4.57. The van der Waals surface area contributed by atoms with Crippen molar-refractivity contribution >= 4 is 22.7 Å². The van der Waals surface area contributed by atoms with Crippen LogP contribution in [-0.4, -0.2) is 18.3 Å². The Bertz CT molecular complexity index is 812. The predicted molar refractivity (Wildman–Crippen MR) is 96.5 cm³/mol. The molecule has 0 unspecified atom stereocenters. The Kier molecular flexibility index (Phi) is 4.68. The zero-order valence-corrected chi connectivity index (χ0v) is 13.8. The normalized spacial score (nSPS) is 10.9. The molecule has 0 aliphatic rings. The van der Waals surface area contributed by atoms with Crippen LogP contribution in [0, 0.1) is 6.92 Å². The number of hydrogen-bond donors (Lipinski definition) is 1. The zero-order valence-electron chi connectivity index (χ0n) is 13.0. The molecule has 0 saturated heterocycles. The number of methoxy groups -OCH3 is 1. The van der Waals surface area contributed by atoms with E-state index < -0.39 is 0 Å². The van der Waals surface area contributed by atoms with Crippen molar-refractivity contribution in [1.29, 1.82) is 0 Å². The number of hydrazone groups is 1. The van der Waals surface area contributed by atoms with Crippen LogP contribution in [0.5, 0.6) is 5.75 Å². The lowest BCUT2D eigenvalue weighted by Gasteiger charge is -2.09. The van der Waals surface area contributed by atoms with Gasteiger partial charge in [-0.15, -0.1) is 11.3 Å². The van der Waals surface area contributed by atoms with Gasteiger partial charge in [-0.05, 0) is 36.2 Å². The van der Waals surface area contributed by atoms with E-state index in [0.29, 0.717) is 0 Å². The molecule has 0 amide bonds. The van der Waals surface area contributed by atoms with E-state index in [9.17, 15) is 0 Å². The lowest BCUT2D eigenvalue weighted by atomic mass is 10.0. The summed E-state index contributed by atoms with van der Waals surface area (Å²) in [7, 11) is 1.68. The molecule has 2 aromatic carbocycles. The quantitative estimate of drug-likeness (QED) is 0.552. The molecule has 23 heavy (non-hydrogen) atoms. The fourth-order valence-corrected chi connectivity index (χ4v) is 2.85. The number of aromatic nitrogens is 1. The molecule has 1 heterocycles. The molecule has 0 atom stereocenters. The minimum atomic E-state index is 0.788. The van der Waals surface area contributed by atoms with Gasteiger partial charge in [0.15, 0.2) is 0 Å². The largest absolute Gasteiger partial charge is 0.496 e. The highest BCUT2D eigenvalue weighted by atomic mass is 32.1. The second kappa shape index (κ2) is 7.07. The molecule has 4 nitrogen and oxygen atoms in total. The second-order valence-corrected chi connectivity index (χ2v) is 5.85. The molecule has 0 saturated carbocycles. The Balaban J connectivity index is 1.83. The van der Waals surface area contributed by atoms with E-state index in [0.717, 1.165) is 33.3 Å². The van der Waals surface area contributed by atoms with Gasteiger partial charge in [0.2, 0.25) is 5.13 Å². The maximum absolute atomic E-state index is 5.46. The first kappa shape index (κ1) is 15.2. The van der Waals surface area contributed by atoms with Gasteiger partial charge in [-0.2, -0.15) is 5.10 Å². The molecule has 3 aromatic rings. The van der Waals surface area contributed by atoms with E-state index in [-0.39, 0.29) is 0 Å². The molecule has 0 fully saturated rings. The SMILES string of the molecule is COc1ccc(C=NNc2nc(C)cs2)cc1-c1ccccc1. The van der Waals surface area contributed by atoms with E-state index in [1.807, 2.05) is 42.6 Å². The van der Waals surface area contributed by atoms with Crippen LogP contribution >= 0.6 is 11.3 Å². The van der Waals surface area contributed by atoms with Crippen LogP contribution in [0.2, 0.25) is 0 Å². The second-order valence-electron chi connectivity index (χ2n) is 4.99. The maximum atomic E-state index is 5.46. The average molecular weight is 323 g/mol. The van der Waals surface area contributed by atoms with E-state index in [1.165, 1.54) is 11.3 Å². The Hall–Kier alpha value is -2.66. The van der Waals surface area contributed by atoms with Gasteiger partial charge >= 0.3 is 0 Å². The van der Waals surface area contributed by atoms with Crippen LogP contribution in [0.3, 0.4) is 0 Å². The molecule has 1 N–H and O–H groups in total. The van der Waals surface area contributed by atoms with Crippen molar-refractivity contribution < 1.29 is 4.74 Å². The Labute approximate surface area is 139 Å². The van der Waals surface area contributed by atoms with Gasteiger partial charge < -0.3 is 4.74 Å². The topological polar surface area (TPSA) is 46.5 Å². The third-order valence-electron chi connectivity index (χ3n) is 3.30. The smallest absolute Gasteiger partial charge is 0.203 e. The van der Waals surface area contributed by atoms with Crippen molar-refractivity contribution in [3.8, 4) is 16.9 Å². The van der Waals surface area contributed by atoms with E-state index in [4.69, 9.17) is 4.74 Å². The fraction of sp³-hybridized carbons (Fsp3) is 0.111. The number of nitrogens with zero attached hydrogens (tertiary/aromatic N) is 2. The lowest BCUT2D eigenvalue weighted by Crippen LogP contribution is -1.93. The number of rotatable bonds is 5. The Morgan fingerprint density at radius 2 is 2.00 bits per heavy atom. The van der Waals surface area contributed by atoms with Crippen molar-refractivity contribution in [1.82, 2.24) is 4.98 Å². The standard InChI is InChI=1S/C18H17N3OS/c1-13-12-23-18(20-13)21-19-11-14-8-9-17(22-2)16(10-14)15-6-4-3-5-7-15/h3-12H,1-2H3,(H,20,21). The Morgan fingerprint density at radius 1 is 1.17 bits per heavy atom. The third-order valence-corrected chi connectivity index (χ3v) is 4.17. The van der Waals surface area contributed by atoms with Gasteiger partial charge in [0.05, 0.1) is 19.0 Å². The van der Waals surface area contributed by atoms with E-state index in [2.05, 4.69) is 33.7 Å². The summed E-state index contributed by atoms with van der Waals surface area (Å²) in [6.07, 6.45) is 1.78. The first-order chi connectivity index (χ1) is 11.3. The van der Waals surface area contributed by atoms with Gasteiger partial charge in [0.1, 0.15) is 5.75 Å². The highest BCUT2D eigenvalue weighted by Gasteiger charge is 2.06. The molecular weight excluding hydrogens is 306 g/mol. The third kappa shape index (κ3) is 3.76. The van der Waals surface area contributed by atoms with Crippen LogP contribution in [0.4, 0.5) is 5.13 Å². The summed E-state index contributed by atoms with van der Waals surface area (Å²) in [4.78, 5) is 4.31. The highest BCUT2D eigenvalue weighted by molar-refractivity contribution is 7.13. The monoisotopic (exact) mass is 323 g/mol. The van der Waals surface area contributed by atoms with Crippen LogP contribution in [0.15, 0.2) is 59.0 Å². The molecule has 0 bridgehead atoms. The average Bonchev–Trinajstić information content (AvgIpc) is 3.01. The minimum absolute atomic E-state index is 0.788. The summed E-state index contributed by atoms with van der Waals surface area (Å²) in [5.74, 6) is 0.844. The van der Waals surface area contributed by atoms with Gasteiger partial charge in [0.25, 0.3) is 0 Å². The number of ether oxygens (including phenoxy) is 1. The number of thiazole rings is 1. The molecule has 0 spiro atoms. The highest BCUT2D eigenvalue weighted by Crippen LogP contribution is 2.30. The van der Waals surface area contributed by atoms with Crippen molar-refractivity contribution in [2.24, 2.45) is 5.10 Å². The first-order valence-corrected chi connectivity index (χ1v) is 8.09. The molecular formula is C18H17N3OS. The van der Waals surface area contributed by atoms with Crippen LogP contribution in [0.25, 0.3) is 11.1 Å². The number of benzene rings is 2. The minimum Gasteiger partial charge on any atom is -0.496 e. The number of hydrogen-bond acceptors (Lipinski definition) is 5. The fourth-order valence-electron chi connectivity index (χ4n) is 2.22. The summed E-state index contributed by atoms with van der Waals surface area (Å²) in [5, 5.41) is 7.02. The summed E-state index contributed by atoms with van der Waals surface area (Å²) in [5.41, 5.74) is 7.09. The summed E-state index contributed by atoms with van der Waals surface area (Å²) in [6, 6.07) is 16.2. The molecule has 3 rings (SSSR count). The van der Waals surface area contributed by atoms with Crippen molar-refractivity contribution in [3.05, 3.63) is 65.2 Å². The Morgan fingerprint density at radius 3 is 2.70 bits per heavy atom. The van der Waals surface area contributed by atoms with Gasteiger partial charge in [-0.1, -0.05) is 30.3 Å². The number of anilines is 1. The van der Waals surface area contributed by atoms with Crippen LogP contribution in [-0.2, 0) is 0 Å². The van der Waals surface area contributed by atoms with E-state index >= 15 is 0 Å². The van der Waals surface area contributed by atoms with Gasteiger partial charge in [0, 0.05) is 10.9 Å². The summed E-state index contributed by atoms with van der Waals surface area (Å²) < 4.78 is 5.46. The molecule has 0 aliphatic heterocycles. The number of aryl methyl sites for hydroxylation is 1. The molecule has 5 heteroatoms. The molecule has 0 aliphatic carbocycles. The number of nitrogens with one attached hydrogen (secondary N) is 1. The van der Waals surface area contributed by atoms with Gasteiger partial charge in [-0.3, -0.25) is 5.43 Å². The summed E-state index contributed by atoms with van der Waals surface area (Å²) >= 11 is 1.53. The van der Waals surface area contributed by atoms with Gasteiger partial charge in [-0.25, -0.2) is 4.98 Å².